The summed E-state index contributed by atoms with van der Waals surface area (Å²) in [5.41, 5.74) is 4.99. The van der Waals surface area contributed by atoms with Crippen LogP contribution in [0, 0.1) is 0 Å². The molecule has 2 fully saturated rings. The third-order valence-corrected chi connectivity index (χ3v) is 7.39. The SMILES string of the molecule is C[C@H]1CC(c2ccc3c(c2)CN(C2CCCNC2)C3=O)CCN1Cc1ccccc1. The molecule has 1 N–H and O–H groups in total. The van der Waals surface area contributed by atoms with Crippen LogP contribution in [-0.2, 0) is 13.1 Å². The molecule has 3 aliphatic heterocycles. The van der Waals surface area contributed by atoms with Gasteiger partial charge in [-0.25, -0.2) is 0 Å². The first-order chi connectivity index (χ1) is 14.7. The zero-order valence-electron chi connectivity index (χ0n) is 18.0. The zero-order valence-corrected chi connectivity index (χ0v) is 18.0. The highest BCUT2D eigenvalue weighted by Gasteiger charge is 2.34. The number of hydrogen-bond acceptors (Lipinski definition) is 3. The van der Waals surface area contributed by atoms with Crippen LogP contribution in [0.15, 0.2) is 48.5 Å². The molecule has 30 heavy (non-hydrogen) atoms. The zero-order chi connectivity index (χ0) is 20.5. The van der Waals surface area contributed by atoms with Gasteiger partial charge in [-0.3, -0.25) is 9.69 Å². The molecule has 5 rings (SSSR count). The van der Waals surface area contributed by atoms with Crippen molar-refractivity contribution in [2.75, 3.05) is 19.6 Å². The molecule has 4 nitrogen and oxygen atoms in total. The van der Waals surface area contributed by atoms with Crippen molar-refractivity contribution >= 4 is 5.91 Å². The van der Waals surface area contributed by atoms with Crippen LogP contribution in [0.4, 0.5) is 0 Å². The molecule has 2 saturated heterocycles. The van der Waals surface area contributed by atoms with Crippen LogP contribution < -0.4 is 5.32 Å². The predicted molar refractivity (Wildman–Crippen MR) is 120 cm³/mol. The Morgan fingerprint density at radius 3 is 2.73 bits per heavy atom. The summed E-state index contributed by atoms with van der Waals surface area (Å²) in [6.45, 7) is 7.34. The first-order valence-corrected chi connectivity index (χ1v) is 11.6. The highest BCUT2D eigenvalue weighted by molar-refractivity contribution is 5.98. The Hall–Kier alpha value is -2.17. The second kappa shape index (κ2) is 8.52. The van der Waals surface area contributed by atoms with E-state index in [2.05, 4.69) is 70.6 Å². The van der Waals surface area contributed by atoms with Gasteiger partial charge in [-0.15, -0.1) is 0 Å². The largest absolute Gasteiger partial charge is 0.330 e. The lowest BCUT2D eigenvalue weighted by atomic mass is 9.84. The van der Waals surface area contributed by atoms with Gasteiger partial charge in [0.25, 0.3) is 5.91 Å². The van der Waals surface area contributed by atoms with Gasteiger partial charge in [-0.2, -0.15) is 0 Å². The number of hydrogen-bond donors (Lipinski definition) is 1. The van der Waals surface area contributed by atoms with E-state index in [1.54, 1.807) is 0 Å². The molecule has 0 radical (unpaired) electrons. The molecule has 3 heterocycles. The number of rotatable bonds is 4. The Labute approximate surface area is 180 Å². The number of amides is 1. The van der Waals surface area contributed by atoms with Crippen molar-refractivity contribution in [3.63, 3.8) is 0 Å². The summed E-state index contributed by atoms with van der Waals surface area (Å²) in [7, 11) is 0. The van der Waals surface area contributed by atoms with Gasteiger partial charge in [0.1, 0.15) is 0 Å². The Morgan fingerprint density at radius 1 is 1.10 bits per heavy atom. The molecule has 2 aromatic carbocycles. The molecule has 0 bridgehead atoms. The van der Waals surface area contributed by atoms with Gasteiger partial charge in [0.05, 0.1) is 0 Å². The highest BCUT2D eigenvalue weighted by atomic mass is 16.2. The van der Waals surface area contributed by atoms with Crippen LogP contribution in [0.1, 0.15) is 65.6 Å². The number of likely N-dealkylation sites (tertiary alicyclic amines) is 1. The maximum absolute atomic E-state index is 12.9. The minimum atomic E-state index is 0.233. The minimum absolute atomic E-state index is 0.233. The average molecular weight is 404 g/mol. The number of fused-ring (bicyclic) bond motifs is 1. The van der Waals surface area contributed by atoms with E-state index in [1.165, 1.54) is 29.5 Å². The Kier molecular flexibility index (Phi) is 5.62. The van der Waals surface area contributed by atoms with Crippen LogP contribution in [0.3, 0.4) is 0 Å². The maximum atomic E-state index is 12.9. The topological polar surface area (TPSA) is 35.6 Å². The predicted octanol–water partition coefficient (Wildman–Crippen LogP) is 4.16. The maximum Gasteiger partial charge on any atom is 0.254 e. The van der Waals surface area contributed by atoms with E-state index in [-0.39, 0.29) is 5.91 Å². The monoisotopic (exact) mass is 403 g/mol. The lowest BCUT2D eigenvalue weighted by molar-refractivity contribution is 0.0674. The molecule has 0 spiro atoms. The first kappa shape index (κ1) is 19.8. The van der Waals surface area contributed by atoms with Crippen molar-refractivity contribution in [3.05, 3.63) is 70.8 Å². The summed E-state index contributed by atoms with van der Waals surface area (Å²) < 4.78 is 0. The number of nitrogens with zero attached hydrogens (tertiary/aromatic N) is 2. The van der Waals surface area contributed by atoms with Crippen LogP contribution >= 0.6 is 0 Å². The van der Waals surface area contributed by atoms with E-state index in [0.717, 1.165) is 51.1 Å². The molecule has 2 unspecified atom stereocenters. The van der Waals surface area contributed by atoms with E-state index >= 15 is 0 Å². The van der Waals surface area contributed by atoms with Crippen molar-refractivity contribution in [3.8, 4) is 0 Å². The lowest BCUT2D eigenvalue weighted by Gasteiger charge is -2.38. The van der Waals surface area contributed by atoms with E-state index in [0.29, 0.717) is 18.0 Å². The van der Waals surface area contributed by atoms with Gasteiger partial charge < -0.3 is 10.2 Å². The molecule has 3 atom stereocenters. The summed E-state index contributed by atoms with van der Waals surface area (Å²) in [5.74, 6) is 0.828. The fraction of sp³-hybridized carbons (Fsp3) is 0.500. The van der Waals surface area contributed by atoms with Gasteiger partial charge in [-0.1, -0.05) is 42.5 Å². The lowest BCUT2D eigenvalue weighted by Crippen LogP contribution is -2.46. The fourth-order valence-corrected chi connectivity index (χ4v) is 5.59. The molecule has 2 aromatic rings. The Balaban J connectivity index is 1.25. The van der Waals surface area contributed by atoms with Crippen LogP contribution in [0.25, 0.3) is 0 Å². The molecule has 1 amide bonds. The number of carbonyl (C=O) groups excluding carboxylic acids is 1. The summed E-state index contributed by atoms with van der Waals surface area (Å²) in [6.07, 6.45) is 4.67. The molecular weight excluding hydrogens is 370 g/mol. The second-order valence-corrected chi connectivity index (χ2v) is 9.38. The van der Waals surface area contributed by atoms with Crippen molar-refractivity contribution in [2.24, 2.45) is 0 Å². The third kappa shape index (κ3) is 3.91. The molecular formula is C26H33N3O. The number of carbonyl (C=O) groups is 1. The average Bonchev–Trinajstić information content (AvgIpc) is 3.12. The summed E-state index contributed by atoms with van der Waals surface area (Å²) in [6, 6.07) is 18.4. The van der Waals surface area contributed by atoms with Gasteiger partial charge in [0.15, 0.2) is 0 Å². The minimum Gasteiger partial charge on any atom is -0.330 e. The Bertz CT molecular complexity index is 890. The van der Waals surface area contributed by atoms with Gasteiger partial charge in [0.2, 0.25) is 0 Å². The quantitative estimate of drug-likeness (QED) is 0.833. The van der Waals surface area contributed by atoms with Crippen LogP contribution in [-0.4, -0.2) is 47.4 Å². The van der Waals surface area contributed by atoms with E-state index < -0.39 is 0 Å². The summed E-state index contributed by atoms with van der Waals surface area (Å²) >= 11 is 0. The van der Waals surface area contributed by atoms with Gasteiger partial charge in [0, 0.05) is 37.3 Å². The van der Waals surface area contributed by atoms with Crippen molar-refractivity contribution in [1.82, 2.24) is 15.1 Å². The van der Waals surface area contributed by atoms with Crippen molar-refractivity contribution in [1.29, 1.82) is 0 Å². The number of benzene rings is 2. The standard InChI is InChI=1S/C26H33N3O/c1-19-14-22(11-13-28(19)17-20-6-3-2-4-7-20)21-9-10-25-23(15-21)18-29(26(25)30)24-8-5-12-27-16-24/h2-4,6-7,9-10,15,19,22,24,27H,5,8,11-14,16-18H2,1H3/t19-,22?,24?/m0/s1. The molecule has 0 saturated carbocycles. The van der Waals surface area contributed by atoms with E-state index in [1.807, 2.05) is 0 Å². The number of piperidine rings is 2. The summed E-state index contributed by atoms with van der Waals surface area (Å²) in [5, 5.41) is 3.45. The van der Waals surface area contributed by atoms with Crippen molar-refractivity contribution < 1.29 is 4.79 Å². The summed E-state index contributed by atoms with van der Waals surface area (Å²) in [4.78, 5) is 17.7. The molecule has 0 aliphatic carbocycles. The molecule has 158 valence electrons. The smallest absolute Gasteiger partial charge is 0.254 e. The molecule has 0 aromatic heterocycles. The van der Waals surface area contributed by atoms with Crippen molar-refractivity contribution in [2.45, 2.75) is 63.7 Å². The van der Waals surface area contributed by atoms with Crippen LogP contribution in [0.2, 0.25) is 0 Å². The molecule has 3 aliphatic rings. The normalized spacial score (nSPS) is 27.3. The van der Waals surface area contributed by atoms with E-state index in [9.17, 15) is 4.79 Å². The number of nitrogens with one attached hydrogen (secondary N) is 1. The van der Waals surface area contributed by atoms with Gasteiger partial charge >= 0.3 is 0 Å². The fourth-order valence-electron chi connectivity index (χ4n) is 5.59. The van der Waals surface area contributed by atoms with Gasteiger partial charge in [-0.05, 0) is 74.4 Å². The Morgan fingerprint density at radius 2 is 1.97 bits per heavy atom. The van der Waals surface area contributed by atoms with E-state index in [4.69, 9.17) is 0 Å². The highest BCUT2D eigenvalue weighted by Crippen LogP contribution is 2.35. The first-order valence-electron chi connectivity index (χ1n) is 11.6. The molecule has 4 heteroatoms. The second-order valence-electron chi connectivity index (χ2n) is 9.38. The third-order valence-electron chi connectivity index (χ3n) is 7.39. The van der Waals surface area contributed by atoms with Crippen LogP contribution in [0.5, 0.6) is 0 Å².